The van der Waals surface area contributed by atoms with Gasteiger partial charge in [0.25, 0.3) is 0 Å². The van der Waals surface area contributed by atoms with Gasteiger partial charge in [0, 0.05) is 0 Å². The van der Waals surface area contributed by atoms with Gasteiger partial charge >= 0.3 is 0 Å². The first-order valence-electron chi connectivity index (χ1n) is 5.62. The summed E-state index contributed by atoms with van der Waals surface area (Å²) in [4.78, 5) is 2.70. The third-order valence-corrected chi connectivity index (χ3v) is 3.02. The third kappa shape index (κ3) is 2.82. The molecule has 1 aliphatic heterocycles. The van der Waals surface area contributed by atoms with Gasteiger partial charge < -0.3 is 4.81 Å². The van der Waals surface area contributed by atoms with Gasteiger partial charge in [-0.25, -0.2) is 0 Å². The molecule has 0 aromatic carbocycles. The zero-order valence-corrected chi connectivity index (χ0v) is 8.68. The van der Waals surface area contributed by atoms with Crippen LogP contribution in [0, 0.1) is 0 Å². The lowest BCUT2D eigenvalue weighted by molar-refractivity contribution is 0.385. The highest BCUT2D eigenvalue weighted by molar-refractivity contribution is 6.55. The molecule has 0 unspecified atom stereocenters. The average molecular weight is 167 g/mol. The maximum Gasteiger partial charge on any atom is 0.222 e. The topological polar surface area (TPSA) is 3.24 Å². The molecule has 1 saturated heterocycles. The number of unbranched alkanes of at least 4 members (excludes halogenated alkanes) is 1. The van der Waals surface area contributed by atoms with Crippen LogP contribution in [0.15, 0.2) is 0 Å². The number of hydrogen-bond acceptors (Lipinski definition) is 1. The minimum absolute atomic E-state index is 0.908. The molecule has 2 heteroatoms. The molecule has 0 amide bonds. The van der Waals surface area contributed by atoms with E-state index >= 15 is 0 Å². The molecule has 1 aliphatic rings. The van der Waals surface area contributed by atoms with E-state index in [0.29, 0.717) is 0 Å². The predicted molar refractivity (Wildman–Crippen MR) is 56.8 cm³/mol. The van der Waals surface area contributed by atoms with Gasteiger partial charge in [-0.05, 0) is 25.9 Å². The van der Waals surface area contributed by atoms with Gasteiger partial charge in [-0.1, -0.05) is 39.3 Å². The summed E-state index contributed by atoms with van der Waals surface area (Å²) in [5.74, 6) is 0. The molecule has 12 heavy (non-hydrogen) atoms. The Labute approximate surface area is 77.6 Å². The van der Waals surface area contributed by atoms with Gasteiger partial charge in [0.1, 0.15) is 0 Å². The van der Waals surface area contributed by atoms with Crippen LogP contribution in [0.25, 0.3) is 0 Å². The molecule has 0 saturated carbocycles. The largest absolute Gasteiger partial charge is 0.342 e. The maximum absolute atomic E-state index is 2.70. The summed E-state index contributed by atoms with van der Waals surface area (Å²) < 4.78 is 0. The van der Waals surface area contributed by atoms with E-state index in [1.54, 1.807) is 0 Å². The molecule has 0 aromatic rings. The summed E-state index contributed by atoms with van der Waals surface area (Å²) >= 11 is 0. The fourth-order valence-electron chi connectivity index (χ4n) is 2.18. The molecule has 1 nitrogen and oxygen atoms in total. The molecule has 70 valence electrons. The Morgan fingerprint density at radius 2 is 2.08 bits per heavy atom. The van der Waals surface area contributed by atoms with E-state index in [1.807, 2.05) is 0 Å². The van der Waals surface area contributed by atoms with E-state index in [2.05, 4.69) is 18.7 Å². The molecule has 0 aromatic heterocycles. The normalized spacial score (nSPS) is 20.0. The van der Waals surface area contributed by atoms with Gasteiger partial charge in [-0.3, -0.25) is 0 Å². The molecule has 1 heterocycles. The second-order valence-corrected chi connectivity index (χ2v) is 3.95. The van der Waals surface area contributed by atoms with E-state index < -0.39 is 0 Å². The maximum atomic E-state index is 2.70. The van der Waals surface area contributed by atoms with Crippen molar-refractivity contribution < 1.29 is 0 Å². The van der Waals surface area contributed by atoms with Gasteiger partial charge in [-0.15, -0.1) is 0 Å². The van der Waals surface area contributed by atoms with Crippen LogP contribution >= 0.6 is 0 Å². The first-order valence-corrected chi connectivity index (χ1v) is 5.62. The second kappa shape index (κ2) is 5.63. The highest BCUT2D eigenvalue weighted by atomic mass is 15.1. The van der Waals surface area contributed by atoms with E-state index in [4.69, 9.17) is 0 Å². The van der Waals surface area contributed by atoms with E-state index in [0.717, 1.165) is 6.85 Å². The highest BCUT2D eigenvalue weighted by Gasteiger charge is 2.23. The smallest absolute Gasteiger partial charge is 0.222 e. The lowest BCUT2D eigenvalue weighted by Gasteiger charge is -2.32. The quantitative estimate of drug-likeness (QED) is 0.582. The van der Waals surface area contributed by atoms with Crippen LogP contribution in [0.3, 0.4) is 0 Å². The van der Waals surface area contributed by atoms with Gasteiger partial charge in [-0.2, -0.15) is 0 Å². The summed E-state index contributed by atoms with van der Waals surface area (Å²) in [7, 11) is 0. The zero-order chi connectivity index (χ0) is 8.81. The highest BCUT2D eigenvalue weighted by Crippen LogP contribution is 2.17. The van der Waals surface area contributed by atoms with Crippen LogP contribution < -0.4 is 0 Å². The Balaban J connectivity index is 2.26. The molecular weight excluding hydrogens is 145 g/mol. The van der Waals surface area contributed by atoms with Crippen molar-refractivity contribution in [2.75, 3.05) is 13.1 Å². The zero-order valence-electron chi connectivity index (χ0n) is 8.68. The van der Waals surface area contributed by atoms with Crippen LogP contribution in [0.1, 0.15) is 39.5 Å². The standard InChI is InChI=1S/C10H22BN/c1-3-5-9-12-10-7-6-8-11(12)4-2/h3-10H2,1-2H3. The van der Waals surface area contributed by atoms with Crippen molar-refractivity contribution in [2.45, 2.75) is 52.2 Å². The Morgan fingerprint density at radius 3 is 2.75 bits per heavy atom. The average Bonchev–Trinajstić information content (AvgIpc) is 2.15. The second-order valence-electron chi connectivity index (χ2n) is 3.95. The lowest BCUT2D eigenvalue weighted by atomic mass is 9.52. The minimum atomic E-state index is 0.908. The van der Waals surface area contributed by atoms with Crippen molar-refractivity contribution in [3.63, 3.8) is 0 Å². The summed E-state index contributed by atoms with van der Waals surface area (Å²) in [5.41, 5.74) is 0. The number of nitrogens with zero attached hydrogens (tertiary/aromatic N) is 1. The van der Waals surface area contributed by atoms with Crippen molar-refractivity contribution in [1.82, 2.24) is 4.81 Å². The Hall–Kier alpha value is 0.0249. The SMILES string of the molecule is CCCCN1CCCCB1CC. The fraction of sp³-hybridized carbons (Fsp3) is 1.00. The Bertz CT molecular complexity index is 116. The summed E-state index contributed by atoms with van der Waals surface area (Å²) in [6.07, 6.45) is 8.41. The Kier molecular flexibility index (Phi) is 4.74. The van der Waals surface area contributed by atoms with E-state index in [-0.39, 0.29) is 0 Å². The molecule has 0 atom stereocenters. The van der Waals surface area contributed by atoms with Crippen molar-refractivity contribution in [1.29, 1.82) is 0 Å². The summed E-state index contributed by atoms with van der Waals surface area (Å²) in [6.45, 7) is 8.22. The van der Waals surface area contributed by atoms with E-state index in [1.165, 1.54) is 51.4 Å². The molecule has 0 aliphatic carbocycles. The van der Waals surface area contributed by atoms with Gasteiger partial charge in [0.05, 0.1) is 0 Å². The van der Waals surface area contributed by atoms with Crippen LogP contribution in [-0.4, -0.2) is 24.7 Å². The lowest BCUT2D eigenvalue weighted by Crippen LogP contribution is -2.42. The predicted octanol–water partition coefficient (Wildman–Crippen LogP) is 2.89. The van der Waals surface area contributed by atoms with Gasteiger partial charge in [0.15, 0.2) is 0 Å². The van der Waals surface area contributed by atoms with Crippen LogP contribution in [0.5, 0.6) is 0 Å². The summed E-state index contributed by atoms with van der Waals surface area (Å²) in [5, 5.41) is 0. The fourth-order valence-corrected chi connectivity index (χ4v) is 2.18. The van der Waals surface area contributed by atoms with Crippen molar-refractivity contribution in [3.8, 4) is 0 Å². The monoisotopic (exact) mass is 167 g/mol. The molecule has 1 fully saturated rings. The molecule has 0 N–H and O–H groups in total. The molecule has 0 spiro atoms. The van der Waals surface area contributed by atoms with E-state index in [9.17, 15) is 0 Å². The summed E-state index contributed by atoms with van der Waals surface area (Å²) in [6, 6.07) is 0. The molecular formula is C10H22BN. The van der Waals surface area contributed by atoms with Crippen molar-refractivity contribution in [2.24, 2.45) is 0 Å². The molecule has 0 bridgehead atoms. The Morgan fingerprint density at radius 1 is 1.25 bits per heavy atom. The molecule has 1 rings (SSSR count). The van der Waals surface area contributed by atoms with Crippen molar-refractivity contribution in [3.05, 3.63) is 0 Å². The number of rotatable bonds is 4. The molecule has 0 radical (unpaired) electrons. The minimum Gasteiger partial charge on any atom is -0.342 e. The van der Waals surface area contributed by atoms with Crippen LogP contribution in [0.2, 0.25) is 12.6 Å². The number of hydrogen-bond donors (Lipinski definition) is 0. The third-order valence-electron chi connectivity index (χ3n) is 3.02. The first-order chi connectivity index (χ1) is 5.88. The first kappa shape index (κ1) is 10.1. The van der Waals surface area contributed by atoms with Crippen LogP contribution in [-0.2, 0) is 0 Å². The van der Waals surface area contributed by atoms with Crippen LogP contribution in [0.4, 0.5) is 0 Å². The van der Waals surface area contributed by atoms with Crippen molar-refractivity contribution >= 4 is 6.85 Å². The van der Waals surface area contributed by atoms with Gasteiger partial charge in [0.2, 0.25) is 6.85 Å².